The maximum absolute atomic E-state index is 13.6. The Labute approximate surface area is 220 Å². The zero-order chi connectivity index (χ0) is 26.2. The molecule has 0 fully saturated rings. The van der Waals surface area contributed by atoms with Crippen LogP contribution in [0.3, 0.4) is 0 Å². The molecule has 0 aliphatic carbocycles. The predicted molar refractivity (Wildman–Crippen MR) is 144 cm³/mol. The predicted octanol–water partition coefficient (Wildman–Crippen LogP) is 5.70. The number of carbonyl (C=O) groups is 1. The molecule has 9 heteroatoms. The molecule has 0 spiro atoms. The smallest absolute Gasteiger partial charge is 0.225 e. The molecular weight excluding hydrogens is 491 g/mol. The van der Waals surface area contributed by atoms with Crippen molar-refractivity contribution in [3.05, 3.63) is 78.2 Å². The Kier molecular flexibility index (Phi) is 8.92. The zero-order valence-electron chi connectivity index (χ0n) is 21.0. The van der Waals surface area contributed by atoms with E-state index in [2.05, 4.69) is 14.9 Å². The Hall–Kier alpha value is -3.69. The quantitative estimate of drug-likeness (QED) is 0.256. The van der Waals surface area contributed by atoms with Crippen LogP contribution in [0.1, 0.15) is 12.0 Å². The molecule has 2 aromatic heterocycles. The lowest BCUT2D eigenvalue weighted by molar-refractivity contribution is -0.116. The van der Waals surface area contributed by atoms with Crippen molar-refractivity contribution in [1.29, 1.82) is 0 Å². The van der Waals surface area contributed by atoms with Crippen molar-refractivity contribution in [2.75, 3.05) is 32.4 Å². The fourth-order valence-electron chi connectivity index (χ4n) is 3.98. The third-order valence-corrected chi connectivity index (χ3v) is 6.53. The van der Waals surface area contributed by atoms with Crippen molar-refractivity contribution in [3.8, 4) is 28.3 Å². The van der Waals surface area contributed by atoms with Gasteiger partial charge in [-0.1, -0.05) is 23.9 Å². The van der Waals surface area contributed by atoms with Gasteiger partial charge < -0.3 is 19.4 Å². The second kappa shape index (κ2) is 12.5. The van der Waals surface area contributed by atoms with Gasteiger partial charge in [0.25, 0.3) is 0 Å². The normalized spacial score (nSPS) is 10.9. The van der Waals surface area contributed by atoms with E-state index >= 15 is 0 Å². The molecule has 1 N–H and O–H groups in total. The Morgan fingerprint density at radius 2 is 1.81 bits per heavy atom. The summed E-state index contributed by atoms with van der Waals surface area (Å²) in [5.74, 6) is 0.797. The van der Waals surface area contributed by atoms with Crippen LogP contribution in [0.4, 0.5) is 10.2 Å². The van der Waals surface area contributed by atoms with Gasteiger partial charge in [0, 0.05) is 37.4 Å². The van der Waals surface area contributed by atoms with E-state index in [0.717, 1.165) is 39.0 Å². The second-order valence-corrected chi connectivity index (χ2v) is 9.05. The summed E-state index contributed by atoms with van der Waals surface area (Å²) in [5, 5.41) is 3.72. The van der Waals surface area contributed by atoms with Crippen LogP contribution in [-0.4, -0.2) is 47.5 Å². The minimum Gasteiger partial charge on any atom is -0.497 e. The summed E-state index contributed by atoms with van der Waals surface area (Å²) in [6, 6.07) is 17.7. The number of aryl methyl sites for hydroxylation is 1. The van der Waals surface area contributed by atoms with Crippen LogP contribution >= 0.6 is 11.8 Å². The lowest BCUT2D eigenvalue weighted by Gasteiger charge is -2.13. The summed E-state index contributed by atoms with van der Waals surface area (Å²) in [6.07, 6.45) is 4.55. The number of pyridine rings is 1. The van der Waals surface area contributed by atoms with Gasteiger partial charge in [-0.2, -0.15) is 0 Å². The molecule has 7 nitrogen and oxygen atoms in total. The second-order valence-electron chi connectivity index (χ2n) is 8.27. The van der Waals surface area contributed by atoms with E-state index in [9.17, 15) is 9.18 Å². The highest BCUT2D eigenvalue weighted by Crippen LogP contribution is 2.36. The Bertz CT molecular complexity index is 1340. The number of ether oxygens (including phenoxy) is 2. The molecule has 0 aliphatic rings. The molecule has 37 heavy (non-hydrogen) atoms. The maximum Gasteiger partial charge on any atom is 0.225 e. The van der Waals surface area contributed by atoms with Gasteiger partial charge >= 0.3 is 0 Å². The van der Waals surface area contributed by atoms with Gasteiger partial charge in [-0.15, -0.1) is 0 Å². The molecular formula is C28H29FN4O3S. The zero-order valence-corrected chi connectivity index (χ0v) is 21.8. The van der Waals surface area contributed by atoms with Crippen molar-refractivity contribution in [1.82, 2.24) is 14.5 Å². The molecule has 0 saturated carbocycles. The number of nitrogens with zero attached hydrogens (tertiary/aromatic N) is 3. The number of thioether (sulfide) groups is 1. The van der Waals surface area contributed by atoms with E-state index in [0.29, 0.717) is 31.8 Å². The molecule has 4 rings (SSSR count). The molecule has 0 saturated heterocycles. The number of carbonyl (C=O) groups excluding carboxylic acids is 1. The fraction of sp³-hybridized carbons (Fsp3) is 0.250. The van der Waals surface area contributed by atoms with E-state index < -0.39 is 0 Å². The highest BCUT2D eigenvalue weighted by molar-refractivity contribution is 7.98. The van der Waals surface area contributed by atoms with Crippen LogP contribution in [0.25, 0.3) is 22.5 Å². The molecule has 0 atom stereocenters. The number of methoxy groups -OCH3 is 2. The summed E-state index contributed by atoms with van der Waals surface area (Å²) in [4.78, 5) is 21.9. The molecule has 2 aromatic carbocycles. The number of hydrogen-bond donors (Lipinski definition) is 1. The van der Waals surface area contributed by atoms with Crippen molar-refractivity contribution in [2.45, 2.75) is 24.5 Å². The lowest BCUT2D eigenvalue weighted by Crippen LogP contribution is -2.13. The number of aromatic nitrogens is 3. The fourth-order valence-corrected chi connectivity index (χ4v) is 4.57. The number of benzene rings is 2. The highest BCUT2D eigenvalue weighted by Gasteiger charge is 2.20. The summed E-state index contributed by atoms with van der Waals surface area (Å²) in [5.41, 5.74) is 4.26. The highest BCUT2D eigenvalue weighted by atomic mass is 32.2. The average Bonchev–Trinajstić information content (AvgIpc) is 3.30. The van der Waals surface area contributed by atoms with Crippen LogP contribution in [-0.2, 0) is 22.5 Å². The summed E-state index contributed by atoms with van der Waals surface area (Å²) < 4.78 is 26.2. The van der Waals surface area contributed by atoms with E-state index in [1.807, 2.05) is 42.7 Å². The monoisotopic (exact) mass is 520 g/mol. The van der Waals surface area contributed by atoms with Crippen LogP contribution in [0, 0.1) is 5.82 Å². The van der Waals surface area contributed by atoms with Gasteiger partial charge in [-0.05, 0) is 66.8 Å². The standard InChI is InChI=1S/C28H29FN4O3S/c1-35-17-16-33-27(26(32-28(33)37-3)20-7-9-22(29)10-8-20)21-14-15-30-24(18-21)31-25(34)13-6-19-4-11-23(36-2)12-5-19/h4-5,7-12,14-15,18H,6,13,16-17H2,1-3H3,(H,30,31,34). The summed E-state index contributed by atoms with van der Waals surface area (Å²) in [6.45, 7) is 1.09. The van der Waals surface area contributed by atoms with Crippen molar-refractivity contribution < 1.29 is 18.7 Å². The Morgan fingerprint density at radius 1 is 1.05 bits per heavy atom. The van der Waals surface area contributed by atoms with E-state index in [-0.39, 0.29) is 11.7 Å². The van der Waals surface area contributed by atoms with Gasteiger partial charge in [-0.25, -0.2) is 14.4 Å². The van der Waals surface area contributed by atoms with Gasteiger partial charge in [0.2, 0.25) is 5.91 Å². The molecule has 1 amide bonds. The first kappa shape index (κ1) is 26.4. The molecule has 0 aliphatic heterocycles. The number of rotatable bonds is 11. The maximum atomic E-state index is 13.6. The first-order chi connectivity index (χ1) is 18.0. The number of hydrogen-bond acceptors (Lipinski definition) is 6. The van der Waals surface area contributed by atoms with Crippen LogP contribution in [0.5, 0.6) is 5.75 Å². The van der Waals surface area contributed by atoms with Crippen LogP contribution in [0.15, 0.2) is 72.0 Å². The molecule has 2 heterocycles. The van der Waals surface area contributed by atoms with Crippen molar-refractivity contribution >= 4 is 23.5 Å². The van der Waals surface area contributed by atoms with Crippen molar-refractivity contribution in [3.63, 3.8) is 0 Å². The molecule has 4 aromatic rings. The minimum atomic E-state index is -0.308. The molecule has 0 unspecified atom stereocenters. The number of nitrogens with one attached hydrogen (secondary N) is 1. The molecule has 0 radical (unpaired) electrons. The summed E-state index contributed by atoms with van der Waals surface area (Å²) >= 11 is 1.52. The Morgan fingerprint density at radius 3 is 2.49 bits per heavy atom. The van der Waals surface area contributed by atoms with Gasteiger partial charge in [0.15, 0.2) is 5.16 Å². The number of imidazole rings is 1. The van der Waals surface area contributed by atoms with Gasteiger partial charge in [-0.3, -0.25) is 4.79 Å². The largest absolute Gasteiger partial charge is 0.497 e. The van der Waals surface area contributed by atoms with Gasteiger partial charge in [0.05, 0.1) is 25.1 Å². The number of amides is 1. The average molecular weight is 521 g/mol. The Balaban J connectivity index is 1.60. The van der Waals surface area contributed by atoms with Gasteiger partial charge in [0.1, 0.15) is 17.4 Å². The first-order valence-corrected chi connectivity index (χ1v) is 13.0. The first-order valence-electron chi connectivity index (χ1n) is 11.8. The third-order valence-electron chi connectivity index (χ3n) is 5.85. The third kappa shape index (κ3) is 6.55. The van der Waals surface area contributed by atoms with E-state index in [1.165, 1.54) is 23.9 Å². The summed E-state index contributed by atoms with van der Waals surface area (Å²) in [7, 11) is 3.28. The van der Waals surface area contributed by atoms with Crippen molar-refractivity contribution in [2.24, 2.45) is 0 Å². The van der Waals surface area contributed by atoms with Crippen LogP contribution < -0.4 is 10.1 Å². The minimum absolute atomic E-state index is 0.128. The molecule has 192 valence electrons. The van der Waals surface area contributed by atoms with Crippen LogP contribution in [0.2, 0.25) is 0 Å². The SMILES string of the molecule is COCCn1c(SC)nc(-c2ccc(F)cc2)c1-c1ccnc(NC(=O)CCc2ccc(OC)cc2)c1. The number of anilines is 1. The van der Waals surface area contributed by atoms with E-state index in [4.69, 9.17) is 14.5 Å². The molecule has 0 bridgehead atoms. The number of halogens is 1. The van der Waals surface area contributed by atoms with E-state index in [1.54, 1.807) is 32.5 Å². The topological polar surface area (TPSA) is 78.3 Å². The lowest BCUT2D eigenvalue weighted by atomic mass is 10.1.